The number of aromatic hydroxyl groups is 1. The molecule has 4 N–H and O–H groups in total. The van der Waals surface area contributed by atoms with Crippen molar-refractivity contribution >= 4 is 17.3 Å². The molecule has 0 spiro atoms. The Morgan fingerprint density at radius 3 is 2.58 bits per heavy atom. The summed E-state index contributed by atoms with van der Waals surface area (Å²) in [5, 5.41) is 12.4. The van der Waals surface area contributed by atoms with Gasteiger partial charge in [-0.2, -0.15) is 0 Å². The minimum absolute atomic E-state index is 0.0473. The third-order valence-electron chi connectivity index (χ3n) is 2.93. The van der Waals surface area contributed by atoms with Gasteiger partial charge in [0.2, 0.25) is 0 Å². The Labute approximate surface area is 111 Å². The number of phenolic OH excluding ortho intramolecular Hbond substituents is 1. The Morgan fingerprint density at radius 2 is 1.89 bits per heavy atom. The molecular formula is C15H16N2O2. The van der Waals surface area contributed by atoms with Crippen molar-refractivity contribution in [2.24, 2.45) is 0 Å². The van der Waals surface area contributed by atoms with E-state index in [9.17, 15) is 9.90 Å². The number of benzene rings is 2. The van der Waals surface area contributed by atoms with Crippen LogP contribution in [0.5, 0.6) is 5.75 Å². The van der Waals surface area contributed by atoms with E-state index in [0.717, 1.165) is 11.1 Å². The van der Waals surface area contributed by atoms with E-state index in [-0.39, 0.29) is 11.7 Å². The highest BCUT2D eigenvalue weighted by Crippen LogP contribution is 2.24. The monoisotopic (exact) mass is 256 g/mol. The van der Waals surface area contributed by atoms with Crippen molar-refractivity contribution in [1.29, 1.82) is 0 Å². The SMILES string of the molecule is Cc1ccc(O)c(NC(=O)c2ccc(N)c(C)c2)c1. The van der Waals surface area contributed by atoms with Crippen molar-refractivity contribution in [2.75, 3.05) is 11.1 Å². The number of phenols is 1. The van der Waals surface area contributed by atoms with Crippen LogP contribution in [-0.2, 0) is 0 Å². The normalized spacial score (nSPS) is 10.2. The van der Waals surface area contributed by atoms with Gasteiger partial charge in [0.25, 0.3) is 5.91 Å². The molecule has 0 aliphatic carbocycles. The van der Waals surface area contributed by atoms with Crippen molar-refractivity contribution in [3.8, 4) is 5.75 Å². The third-order valence-corrected chi connectivity index (χ3v) is 2.93. The van der Waals surface area contributed by atoms with Gasteiger partial charge in [-0.1, -0.05) is 6.07 Å². The number of hydrogen-bond acceptors (Lipinski definition) is 3. The standard InChI is InChI=1S/C15H16N2O2/c1-9-3-6-14(18)13(7-9)17-15(19)11-4-5-12(16)10(2)8-11/h3-8,18H,16H2,1-2H3,(H,17,19). The Bertz CT molecular complexity index is 636. The molecule has 0 unspecified atom stereocenters. The quantitative estimate of drug-likeness (QED) is 0.571. The van der Waals surface area contributed by atoms with Crippen LogP contribution in [0.2, 0.25) is 0 Å². The molecule has 0 bridgehead atoms. The second-order valence-electron chi connectivity index (χ2n) is 4.55. The summed E-state index contributed by atoms with van der Waals surface area (Å²) in [5.74, 6) is -0.227. The van der Waals surface area contributed by atoms with Crippen LogP contribution in [0.25, 0.3) is 0 Å². The summed E-state index contributed by atoms with van der Waals surface area (Å²) in [6, 6.07) is 10.1. The number of nitrogens with two attached hydrogens (primary N) is 1. The number of hydrogen-bond donors (Lipinski definition) is 3. The molecule has 0 radical (unpaired) electrons. The third kappa shape index (κ3) is 2.85. The summed E-state index contributed by atoms with van der Waals surface area (Å²) in [6.45, 7) is 3.73. The summed E-state index contributed by atoms with van der Waals surface area (Å²) in [4.78, 5) is 12.1. The number of nitrogens with one attached hydrogen (secondary N) is 1. The Morgan fingerprint density at radius 1 is 1.16 bits per heavy atom. The zero-order valence-electron chi connectivity index (χ0n) is 10.9. The average Bonchev–Trinajstić information content (AvgIpc) is 2.37. The highest BCUT2D eigenvalue weighted by molar-refractivity contribution is 6.05. The zero-order valence-corrected chi connectivity index (χ0v) is 10.9. The fraction of sp³-hybridized carbons (Fsp3) is 0.133. The maximum Gasteiger partial charge on any atom is 0.255 e. The van der Waals surface area contributed by atoms with Gasteiger partial charge in [-0.3, -0.25) is 4.79 Å². The van der Waals surface area contributed by atoms with Crippen molar-refractivity contribution in [1.82, 2.24) is 0 Å². The van der Waals surface area contributed by atoms with Crippen molar-refractivity contribution in [3.63, 3.8) is 0 Å². The molecule has 0 heterocycles. The van der Waals surface area contributed by atoms with Gasteiger partial charge >= 0.3 is 0 Å². The number of nitrogen functional groups attached to an aromatic ring is 1. The van der Waals surface area contributed by atoms with Gasteiger partial charge in [-0.15, -0.1) is 0 Å². The Hall–Kier alpha value is -2.49. The van der Waals surface area contributed by atoms with Gasteiger partial charge in [0, 0.05) is 11.3 Å². The van der Waals surface area contributed by atoms with Crippen molar-refractivity contribution in [3.05, 3.63) is 53.1 Å². The van der Waals surface area contributed by atoms with E-state index in [2.05, 4.69) is 5.32 Å². The molecule has 4 heteroatoms. The highest BCUT2D eigenvalue weighted by atomic mass is 16.3. The summed E-state index contributed by atoms with van der Waals surface area (Å²) in [7, 11) is 0. The van der Waals surface area contributed by atoms with Gasteiger partial charge in [-0.05, 0) is 55.3 Å². The Kier molecular flexibility index (Phi) is 3.42. The smallest absolute Gasteiger partial charge is 0.255 e. The number of rotatable bonds is 2. The van der Waals surface area contributed by atoms with E-state index in [1.54, 1.807) is 36.4 Å². The van der Waals surface area contributed by atoms with Crippen LogP contribution < -0.4 is 11.1 Å². The van der Waals surface area contributed by atoms with E-state index in [1.807, 2.05) is 13.8 Å². The van der Waals surface area contributed by atoms with Crippen LogP contribution in [0.1, 0.15) is 21.5 Å². The lowest BCUT2D eigenvalue weighted by atomic mass is 10.1. The number of amides is 1. The van der Waals surface area contributed by atoms with Crippen LogP contribution >= 0.6 is 0 Å². The van der Waals surface area contributed by atoms with Crippen molar-refractivity contribution in [2.45, 2.75) is 13.8 Å². The van der Waals surface area contributed by atoms with E-state index in [1.165, 1.54) is 0 Å². The maximum absolute atomic E-state index is 12.1. The lowest BCUT2D eigenvalue weighted by Gasteiger charge is -2.09. The molecule has 0 saturated carbocycles. The first-order valence-electron chi connectivity index (χ1n) is 5.94. The van der Waals surface area contributed by atoms with Crippen LogP contribution in [0.3, 0.4) is 0 Å². The lowest BCUT2D eigenvalue weighted by Crippen LogP contribution is -2.12. The molecule has 0 aliphatic rings. The first kappa shape index (κ1) is 13.0. The minimum Gasteiger partial charge on any atom is -0.506 e. The Balaban J connectivity index is 2.25. The van der Waals surface area contributed by atoms with E-state index in [0.29, 0.717) is 16.9 Å². The highest BCUT2D eigenvalue weighted by Gasteiger charge is 2.10. The number of aryl methyl sites for hydroxylation is 2. The molecule has 2 rings (SSSR count). The molecule has 98 valence electrons. The first-order chi connectivity index (χ1) is 8.97. The molecule has 0 saturated heterocycles. The molecule has 19 heavy (non-hydrogen) atoms. The van der Waals surface area contributed by atoms with Gasteiger partial charge in [0.1, 0.15) is 5.75 Å². The van der Waals surface area contributed by atoms with Gasteiger partial charge in [-0.25, -0.2) is 0 Å². The van der Waals surface area contributed by atoms with Crippen LogP contribution in [0.15, 0.2) is 36.4 Å². The van der Waals surface area contributed by atoms with Gasteiger partial charge in [0.15, 0.2) is 0 Å². The minimum atomic E-state index is -0.274. The molecule has 0 aromatic heterocycles. The topological polar surface area (TPSA) is 75.3 Å². The number of carbonyl (C=O) groups is 1. The predicted molar refractivity (Wildman–Crippen MR) is 76.4 cm³/mol. The van der Waals surface area contributed by atoms with Gasteiger partial charge < -0.3 is 16.2 Å². The number of carbonyl (C=O) groups excluding carboxylic acids is 1. The fourth-order valence-electron chi connectivity index (χ4n) is 1.76. The molecular weight excluding hydrogens is 240 g/mol. The molecule has 2 aromatic rings. The second kappa shape index (κ2) is 5.02. The summed E-state index contributed by atoms with van der Waals surface area (Å²) < 4.78 is 0. The largest absolute Gasteiger partial charge is 0.506 e. The van der Waals surface area contributed by atoms with Crippen molar-refractivity contribution < 1.29 is 9.90 Å². The summed E-state index contributed by atoms with van der Waals surface area (Å²) in [6.07, 6.45) is 0. The average molecular weight is 256 g/mol. The lowest BCUT2D eigenvalue weighted by molar-refractivity contribution is 0.102. The van der Waals surface area contributed by atoms with Gasteiger partial charge in [0.05, 0.1) is 5.69 Å². The molecule has 4 nitrogen and oxygen atoms in total. The number of anilines is 2. The first-order valence-corrected chi connectivity index (χ1v) is 5.94. The summed E-state index contributed by atoms with van der Waals surface area (Å²) in [5.41, 5.74) is 9.08. The molecule has 1 amide bonds. The van der Waals surface area contributed by atoms with Crippen LogP contribution in [-0.4, -0.2) is 11.0 Å². The summed E-state index contributed by atoms with van der Waals surface area (Å²) >= 11 is 0. The van der Waals surface area contributed by atoms with E-state index >= 15 is 0 Å². The second-order valence-corrected chi connectivity index (χ2v) is 4.55. The van der Waals surface area contributed by atoms with E-state index in [4.69, 9.17) is 5.73 Å². The zero-order chi connectivity index (χ0) is 14.0. The molecule has 0 fully saturated rings. The van der Waals surface area contributed by atoms with Crippen LogP contribution in [0, 0.1) is 13.8 Å². The maximum atomic E-state index is 12.1. The predicted octanol–water partition coefficient (Wildman–Crippen LogP) is 2.84. The van der Waals surface area contributed by atoms with Crippen LogP contribution in [0.4, 0.5) is 11.4 Å². The molecule has 0 aliphatic heterocycles. The molecule has 2 aromatic carbocycles. The fourth-order valence-corrected chi connectivity index (χ4v) is 1.76. The molecule has 0 atom stereocenters. The van der Waals surface area contributed by atoms with E-state index < -0.39 is 0 Å².